The van der Waals surface area contributed by atoms with Crippen LogP contribution in [0.1, 0.15) is 83.1 Å². The van der Waals surface area contributed by atoms with Crippen LogP contribution < -0.4 is 9.16 Å². The number of rotatable bonds is 14. The summed E-state index contributed by atoms with van der Waals surface area (Å²) in [5, 5.41) is 12.3. The lowest BCUT2D eigenvalue weighted by atomic mass is 10.0. The highest BCUT2D eigenvalue weighted by atomic mass is 31.2. The highest BCUT2D eigenvalue weighted by molar-refractivity contribution is 7.53. The molecule has 0 fully saturated rings. The van der Waals surface area contributed by atoms with E-state index in [9.17, 15) is 18.9 Å². The molecule has 0 saturated heterocycles. The number of pyridine rings is 1. The number of aliphatic hydroxyl groups is 1. The van der Waals surface area contributed by atoms with Crippen molar-refractivity contribution in [3.05, 3.63) is 65.1 Å². The highest BCUT2D eigenvalue weighted by Crippen LogP contribution is 2.54. The van der Waals surface area contributed by atoms with Gasteiger partial charge in [0, 0.05) is 18.1 Å². The van der Waals surface area contributed by atoms with E-state index in [0.717, 1.165) is 0 Å². The summed E-state index contributed by atoms with van der Waals surface area (Å²) in [5.74, 6) is -0.404. The first-order valence-corrected chi connectivity index (χ1v) is 19.1. The van der Waals surface area contributed by atoms with Gasteiger partial charge >= 0.3 is 7.60 Å². The zero-order valence-corrected chi connectivity index (χ0v) is 28.7. The summed E-state index contributed by atoms with van der Waals surface area (Å²) < 4.78 is 51.3. The average molecular weight is 647 g/mol. The maximum atomic E-state index is 14.3. The fraction of sp³-hybridized carbons (Fsp3) is 0.500. The maximum absolute atomic E-state index is 14.3. The Bertz CT molecular complexity index is 1500. The molecule has 2 aromatic carbocycles. The summed E-state index contributed by atoms with van der Waals surface area (Å²) in [6.45, 7) is 16.6. The van der Waals surface area contributed by atoms with Crippen molar-refractivity contribution in [1.82, 2.24) is 9.88 Å². The van der Waals surface area contributed by atoms with Crippen molar-refractivity contribution in [2.75, 3.05) is 19.6 Å². The number of carbonyl (C=O) groups excluding carboxylic acids is 1. The second-order valence-electron chi connectivity index (χ2n) is 11.9. The van der Waals surface area contributed by atoms with Gasteiger partial charge in [0.25, 0.3) is 14.2 Å². The number of nitrogens with zero attached hydrogens (tertiary/aromatic N) is 2. The summed E-state index contributed by atoms with van der Waals surface area (Å²) in [6, 6.07) is 9.26. The third kappa shape index (κ3) is 6.30. The Labute approximate surface area is 260 Å². The van der Waals surface area contributed by atoms with Crippen LogP contribution in [-0.4, -0.2) is 48.8 Å². The van der Waals surface area contributed by atoms with Gasteiger partial charge in [-0.25, -0.2) is 4.39 Å². The van der Waals surface area contributed by atoms with Crippen molar-refractivity contribution >= 4 is 32.7 Å². The van der Waals surface area contributed by atoms with Gasteiger partial charge in [-0.05, 0) is 60.3 Å². The van der Waals surface area contributed by atoms with Crippen LogP contribution in [0.2, 0.25) is 16.6 Å². The number of fused-ring (bicyclic) bond motifs is 2. The lowest BCUT2D eigenvalue weighted by Gasteiger charge is -2.42. The van der Waals surface area contributed by atoms with E-state index in [2.05, 4.69) is 46.5 Å². The predicted octanol–water partition coefficient (Wildman–Crippen LogP) is 8.18. The van der Waals surface area contributed by atoms with Crippen LogP contribution in [0.5, 0.6) is 11.5 Å². The molecular formula is C32H44FN2O7PSi. The van der Waals surface area contributed by atoms with E-state index in [1.807, 2.05) is 0 Å². The molecule has 1 amide bonds. The van der Waals surface area contributed by atoms with E-state index in [1.165, 1.54) is 17.0 Å². The van der Waals surface area contributed by atoms with E-state index in [0.29, 0.717) is 22.2 Å². The smallest absolute Gasteiger partial charge is 0.367 e. The molecule has 1 unspecified atom stereocenters. The molecule has 9 nitrogen and oxygen atoms in total. The van der Waals surface area contributed by atoms with Crippen molar-refractivity contribution in [2.45, 2.75) is 84.8 Å². The standard InChI is InChI=1S/C32H44FN2O7PSi/c1-9-40-43(38,41-10-2)19-39-29-25-12-11-17-34-28(25)30(42-44(20(3)4,21(5)6)22(7)8)27-26(29)31(36)35(32(27)37)18-23-13-15-24(33)16-14-23/h11-17,20-22,31,36H,9-10,18-19H2,1-8H3. The lowest BCUT2D eigenvalue weighted by Crippen LogP contribution is -2.51. The predicted molar refractivity (Wildman–Crippen MR) is 171 cm³/mol. The molecule has 1 aliphatic rings. The first kappa shape index (κ1) is 34.1. The number of amides is 1. The van der Waals surface area contributed by atoms with Crippen LogP contribution >= 0.6 is 7.60 Å². The van der Waals surface area contributed by atoms with Crippen molar-refractivity contribution in [3.8, 4) is 11.5 Å². The molecule has 1 aliphatic heterocycles. The van der Waals surface area contributed by atoms with Crippen LogP contribution in [0, 0.1) is 5.82 Å². The number of hydrogen-bond acceptors (Lipinski definition) is 8. The molecule has 44 heavy (non-hydrogen) atoms. The monoisotopic (exact) mass is 646 g/mol. The lowest BCUT2D eigenvalue weighted by molar-refractivity contribution is 0.0127. The summed E-state index contributed by atoms with van der Waals surface area (Å²) in [6.07, 6.45) is -0.254. The molecule has 4 rings (SSSR count). The second kappa shape index (κ2) is 13.7. The normalized spacial score (nSPS) is 15.6. The number of aliphatic hydroxyl groups excluding tert-OH is 1. The first-order valence-electron chi connectivity index (χ1n) is 15.2. The Hall–Kier alpha value is -2.82. The van der Waals surface area contributed by atoms with Crippen LogP contribution in [0.25, 0.3) is 10.9 Å². The molecule has 0 spiro atoms. The topological polar surface area (TPSA) is 107 Å². The number of ether oxygens (including phenoxy) is 1. The Morgan fingerprint density at radius 1 is 0.977 bits per heavy atom. The Balaban J connectivity index is 1.97. The number of halogens is 1. The van der Waals surface area contributed by atoms with Gasteiger partial charge in [0.1, 0.15) is 22.8 Å². The van der Waals surface area contributed by atoms with E-state index in [1.54, 1.807) is 44.3 Å². The minimum Gasteiger partial charge on any atom is -0.541 e. The van der Waals surface area contributed by atoms with Crippen LogP contribution in [0.15, 0.2) is 42.6 Å². The first-order chi connectivity index (χ1) is 20.8. The summed E-state index contributed by atoms with van der Waals surface area (Å²) in [4.78, 5) is 20.3. The van der Waals surface area contributed by atoms with E-state index in [-0.39, 0.29) is 53.3 Å². The van der Waals surface area contributed by atoms with Crippen LogP contribution in [0.4, 0.5) is 4.39 Å². The molecular weight excluding hydrogens is 602 g/mol. The minimum absolute atomic E-state index is 0.00904. The summed E-state index contributed by atoms with van der Waals surface area (Å²) in [5.41, 5.74) is 1.96. The molecule has 0 radical (unpaired) electrons. The largest absolute Gasteiger partial charge is 0.541 e. The minimum atomic E-state index is -3.66. The van der Waals surface area contributed by atoms with E-state index in [4.69, 9.17) is 18.2 Å². The van der Waals surface area contributed by atoms with E-state index >= 15 is 0 Å². The molecule has 3 aromatic rings. The van der Waals surface area contributed by atoms with Gasteiger partial charge in [0.05, 0.1) is 24.3 Å². The fourth-order valence-corrected chi connectivity index (χ4v) is 13.1. The molecule has 240 valence electrons. The number of benzene rings is 2. The molecule has 1 aromatic heterocycles. The molecule has 0 aliphatic carbocycles. The van der Waals surface area contributed by atoms with Gasteiger partial charge in [-0.2, -0.15) is 0 Å². The average Bonchev–Trinajstić information content (AvgIpc) is 3.20. The third-order valence-corrected chi connectivity index (χ3v) is 16.0. The van der Waals surface area contributed by atoms with Crippen LogP contribution in [-0.2, 0) is 20.2 Å². The molecule has 0 bridgehead atoms. The molecule has 0 saturated carbocycles. The molecule has 1 N–H and O–H groups in total. The maximum Gasteiger partial charge on any atom is 0.367 e. The van der Waals surface area contributed by atoms with Gasteiger partial charge in [-0.1, -0.05) is 53.7 Å². The molecule has 1 atom stereocenters. The van der Waals surface area contributed by atoms with Gasteiger partial charge in [-0.15, -0.1) is 0 Å². The molecule has 2 heterocycles. The Kier molecular flexibility index (Phi) is 10.6. The Morgan fingerprint density at radius 2 is 1.57 bits per heavy atom. The SMILES string of the molecule is CCOP(=O)(COc1c2c(c(O[Si](C(C)C)(C(C)C)C(C)C)c3ncccc13)C(=O)N(Cc1ccc(F)cc1)C2O)OCC. The molecule has 12 heteroatoms. The quantitative estimate of drug-likeness (QED) is 0.138. The van der Waals surface area contributed by atoms with Gasteiger partial charge in [0.15, 0.2) is 12.6 Å². The zero-order chi connectivity index (χ0) is 32.4. The van der Waals surface area contributed by atoms with Crippen molar-refractivity contribution in [1.29, 1.82) is 0 Å². The van der Waals surface area contributed by atoms with Gasteiger partial charge in [0.2, 0.25) is 0 Å². The van der Waals surface area contributed by atoms with Crippen molar-refractivity contribution < 1.29 is 37.1 Å². The van der Waals surface area contributed by atoms with Crippen molar-refractivity contribution in [3.63, 3.8) is 0 Å². The zero-order valence-electron chi connectivity index (χ0n) is 26.8. The Morgan fingerprint density at radius 3 is 2.11 bits per heavy atom. The van der Waals surface area contributed by atoms with Crippen LogP contribution in [0.3, 0.4) is 0 Å². The fourth-order valence-electron chi connectivity index (χ4n) is 6.52. The van der Waals surface area contributed by atoms with Gasteiger partial charge < -0.3 is 28.2 Å². The van der Waals surface area contributed by atoms with Crippen molar-refractivity contribution in [2.24, 2.45) is 0 Å². The number of hydrogen-bond donors (Lipinski definition) is 1. The van der Waals surface area contributed by atoms with E-state index < -0.39 is 40.2 Å². The van der Waals surface area contributed by atoms with Gasteiger partial charge in [-0.3, -0.25) is 14.3 Å². The third-order valence-electron chi connectivity index (χ3n) is 8.31. The summed E-state index contributed by atoms with van der Waals surface area (Å²) >= 11 is 0. The number of aromatic nitrogens is 1. The summed E-state index contributed by atoms with van der Waals surface area (Å²) in [7, 11) is -6.29. The second-order valence-corrected chi connectivity index (χ2v) is 19.3. The number of carbonyl (C=O) groups is 1. The highest BCUT2D eigenvalue weighted by Gasteiger charge is 2.50.